The molecule has 0 bridgehead atoms. The zero-order valence-electron chi connectivity index (χ0n) is 10.6. The lowest BCUT2D eigenvalue weighted by atomic mass is 10.2. The van der Waals surface area contributed by atoms with Crippen molar-refractivity contribution < 1.29 is 13.4 Å². The quantitative estimate of drug-likeness (QED) is 0.825. The van der Waals surface area contributed by atoms with Gasteiger partial charge in [-0.3, -0.25) is 9.00 Å². The lowest BCUT2D eigenvalue weighted by Crippen LogP contribution is -2.30. The number of nitrogens with one attached hydrogen (secondary N) is 1. The molecule has 6 heteroatoms. The number of carbonyl (C=O) groups excluding carboxylic acids is 1. The monoisotopic (exact) mass is 272 g/mol. The van der Waals surface area contributed by atoms with E-state index in [1.54, 1.807) is 20.8 Å². The number of anilines is 2. The number of nitrogens with two attached hydrogens (primary N) is 1. The zero-order chi connectivity index (χ0) is 13.9. The number of halogens is 1. The van der Waals surface area contributed by atoms with E-state index in [1.807, 2.05) is 0 Å². The number of rotatable bonds is 3. The average Bonchev–Trinajstić information content (AvgIpc) is 2.22. The van der Waals surface area contributed by atoms with Crippen LogP contribution in [0, 0.1) is 5.82 Å². The van der Waals surface area contributed by atoms with Crippen LogP contribution < -0.4 is 11.1 Å². The van der Waals surface area contributed by atoms with E-state index in [4.69, 9.17) is 5.73 Å². The maximum Gasteiger partial charge on any atom is 0.237 e. The molecule has 0 saturated carbocycles. The Balaban J connectivity index is 2.71. The van der Waals surface area contributed by atoms with Gasteiger partial charge in [-0.1, -0.05) is 0 Å². The van der Waals surface area contributed by atoms with Gasteiger partial charge in [0.15, 0.2) is 0 Å². The lowest BCUT2D eigenvalue weighted by Gasteiger charge is -2.17. The van der Waals surface area contributed by atoms with Crippen molar-refractivity contribution in [3.05, 3.63) is 24.0 Å². The second-order valence-corrected chi connectivity index (χ2v) is 7.09. The summed E-state index contributed by atoms with van der Waals surface area (Å²) in [6.07, 6.45) is 0. The van der Waals surface area contributed by atoms with Gasteiger partial charge in [0.05, 0.1) is 11.4 Å². The molecule has 0 aromatic heterocycles. The predicted molar refractivity (Wildman–Crippen MR) is 72.2 cm³/mol. The largest absolute Gasteiger partial charge is 0.397 e. The molecule has 0 fully saturated rings. The molecule has 1 amide bonds. The van der Waals surface area contributed by atoms with Crippen molar-refractivity contribution in [3.63, 3.8) is 0 Å². The Labute approximate surface area is 108 Å². The minimum Gasteiger partial charge on any atom is -0.397 e. The van der Waals surface area contributed by atoms with Gasteiger partial charge >= 0.3 is 0 Å². The highest BCUT2D eigenvalue weighted by atomic mass is 32.2. The van der Waals surface area contributed by atoms with Gasteiger partial charge in [0.25, 0.3) is 0 Å². The van der Waals surface area contributed by atoms with Gasteiger partial charge in [0.1, 0.15) is 11.6 Å². The van der Waals surface area contributed by atoms with Crippen molar-refractivity contribution in [2.45, 2.75) is 25.5 Å². The molecule has 1 aromatic carbocycles. The van der Waals surface area contributed by atoms with Crippen molar-refractivity contribution in [2.75, 3.05) is 16.8 Å². The maximum absolute atomic E-state index is 13.0. The average molecular weight is 272 g/mol. The molecule has 100 valence electrons. The Bertz CT molecular complexity index is 483. The molecule has 1 rings (SSSR count). The van der Waals surface area contributed by atoms with Gasteiger partial charge in [0.2, 0.25) is 5.91 Å². The second kappa shape index (κ2) is 5.48. The van der Waals surface area contributed by atoms with E-state index in [0.29, 0.717) is 0 Å². The summed E-state index contributed by atoms with van der Waals surface area (Å²) in [5.41, 5.74) is 6.07. The van der Waals surface area contributed by atoms with E-state index in [0.717, 1.165) is 6.07 Å². The van der Waals surface area contributed by atoms with Crippen LogP contribution in [0.1, 0.15) is 20.8 Å². The Morgan fingerprint density at radius 1 is 1.44 bits per heavy atom. The number of benzene rings is 1. The SMILES string of the molecule is CC(C)(C)S(=O)CC(=O)Nc1cc(F)ccc1N. The van der Waals surface area contributed by atoms with Crippen molar-refractivity contribution in [1.82, 2.24) is 0 Å². The summed E-state index contributed by atoms with van der Waals surface area (Å²) >= 11 is 0. The molecule has 1 atom stereocenters. The topological polar surface area (TPSA) is 72.2 Å². The van der Waals surface area contributed by atoms with Crippen LogP contribution in [0.3, 0.4) is 0 Å². The van der Waals surface area contributed by atoms with Crippen LogP contribution in [0.25, 0.3) is 0 Å². The highest BCUT2D eigenvalue weighted by molar-refractivity contribution is 7.87. The number of nitrogen functional groups attached to an aromatic ring is 1. The van der Waals surface area contributed by atoms with Crippen LogP contribution in [0.4, 0.5) is 15.8 Å². The van der Waals surface area contributed by atoms with E-state index in [2.05, 4.69) is 5.32 Å². The third kappa shape index (κ3) is 4.10. The Morgan fingerprint density at radius 3 is 2.61 bits per heavy atom. The van der Waals surface area contributed by atoms with Gasteiger partial charge in [-0.15, -0.1) is 0 Å². The summed E-state index contributed by atoms with van der Waals surface area (Å²) in [4.78, 5) is 11.7. The molecule has 0 aliphatic heterocycles. The first-order chi connectivity index (χ1) is 8.20. The van der Waals surface area contributed by atoms with Gasteiger partial charge < -0.3 is 11.1 Å². The molecule has 0 heterocycles. The standard InChI is InChI=1S/C12H17FN2O2S/c1-12(2,3)18(17)7-11(16)15-10-6-8(13)4-5-9(10)14/h4-6H,7,14H2,1-3H3,(H,15,16). The van der Waals surface area contributed by atoms with E-state index >= 15 is 0 Å². The van der Waals surface area contributed by atoms with Crippen LogP contribution in [-0.2, 0) is 15.6 Å². The van der Waals surface area contributed by atoms with Crippen molar-refractivity contribution in [3.8, 4) is 0 Å². The minimum atomic E-state index is -1.30. The molecule has 4 nitrogen and oxygen atoms in total. The van der Waals surface area contributed by atoms with Gasteiger partial charge in [-0.25, -0.2) is 4.39 Å². The van der Waals surface area contributed by atoms with Crippen LogP contribution >= 0.6 is 0 Å². The zero-order valence-corrected chi connectivity index (χ0v) is 11.4. The number of amides is 1. The molecule has 1 unspecified atom stereocenters. The Kier molecular flexibility index (Phi) is 4.45. The van der Waals surface area contributed by atoms with Crippen LogP contribution in [0.2, 0.25) is 0 Å². The van der Waals surface area contributed by atoms with Crippen LogP contribution in [-0.4, -0.2) is 20.6 Å². The van der Waals surface area contributed by atoms with Gasteiger partial charge in [-0.05, 0) is 39.0 Å². The van der Waals surface area contributed by atoms with Crippen molar-refractivity contribution in [2.24, 2.45) is 0 Å². The van der Waals surface area contributed by atoms with Crippen LogP contribution in [0.5, 0.6) is 0 Å². The highest BCUT2D eigenvalue weighted by Gasteiger charge is 2.22. The number of hydrogen-bond donors (Lipinski definition) is 2. The van der Waals surface area contributed by atoms with Gasteiger partial charge in [0, 0.05) is 15.5 Å². The van der Waals surface area contributed by atoms with Gasteiger partial charge in [-0.2, -0.15) is 0 Å². The summed E-state index contributed by atoms with van der Waals surface area (Å²) in [6.45, 7) is 5.35. The summed E-state index contributed by atoms with van der Waals surface area (Å²) in [5.74, 6) is -1.07. The summed E-state index contributed by atoms with van der Waals surface area (Å²) in [6, 6.07) is 3.71. The molecule has 0 radical (unpaired) electrons. The molecule has 18 heavy (non-hydrogen) atoms. The Morgan fingerprint density at radius 2 is 2.06 bits per heavy atom. The number of carbonyl (C=O) groups is 1. The van der Waals surface area contributed by atoms with Crippen LogP contribution in [0.15, 0.2) is 18.2 Å². The van der Waals surface area contributed by atoms with E-state index in [9.17, 15) is 13.4 Å². The van der Waals surface area contributed by atoms with E-state index in [-0.39, 0.29) is 17.1 Å². The summed E-state index contributed by atoms with van der Waals surface area (Å²) in [5, 5.41) is 2.46. The summed E-state index contributed by atoms with van der Waals surface area (Å²) in [7, 11) is -1.30. The third-order valence-electron chi connectivity index (χ3n) is 2.23. The molecule has 3 N–H and O–H groups in total. The molecule has 0 saturated heterocycles. The van der Waals surface area contributed by atoms with E-state index in [1.165, 1.54) is 12.1 Å². The minimum absolute atomic E-state index is 0.139. The molecule has 0 aliphatic rings. The first-order valence-electron chi connectivity index (χ1n) is 5.43. The van der Waals surface area contributed by atoms with Crippen molar-refractivity contribution in [1.29, 1.82) is 0 Å². The first kappa shape index (κ1) is 14.6. The molecule has 1 aromatic rings. The van der Waals surface area contributed by atoms with Crippen molar-refractivity contribution >= 4 is 28.1 Å². The molecule has 0 aliphatic carbocycles. The molecule has 0 spiro atoms. The fourth-order valence-corrected chi connectivity index (χ4v) is 1.90. The third-order valence-corrected chi connectivity index (χ3v) is 4.13. The molecular weight excluding hydrogens is 255 g/mol. The van der Waals surface area contributed by atoms with E-state index < -0.39 is 27.3 Å². The smallest absolute Gasteiger partial charge is 0.237 e. The lowest BCUT2D eigenvalue weighted by molar-refractivity contribution is -0.113. The second-order valence-electron chi connectivity index (χ2n) is 4.88. The highest BCUT2D eigenvalue weighted by Crippen LogP contribution is 2.19. The summed E-state index contributed by atoms with van der Waals surface area (Å²) < 4.78 is 24.3. The molecular formula is C12H17FN2O2S. The first-order valence-corrected chi connectivity index (χ1v) is 6.75. The Hall–Kier alpha value is -1.43. The fourth-order valence-electron chi connectivity index (χ4n) is 1.16. The predicted octanol–water partition coefficient (Wildman–Crippen LogP) is 1.89. The maximum atomic E-state index is 13.0. The number of hydrogen-bond acceptors (Lipinski definition) is 3. The normalized spacial score (nSPS) is 13.1. The fraction of sp³-hybridized carbons (Fsp3) is 0.417.